The van der Waals surface area contributed by atoms with Crippen LogP contribution in [0.4, 0.5) is 0 Å². The monoisotopic (exact) mass is 276 g/mol. The first-order valence-corrected chi connectivity index (χ1v) is 6.95. The van der Waals surface area contributed by atoms with Crippen LogP contribution in [-0.2, 0) is 0 Å². The third-order valence-electron chi connectivity index (χ3n) is 4.87. The summed E-state index contributed by atoms with van der Waals surface area (Å²) in [7, 11) is 0. The second kappa shape index (κ2) is 4.66. The maximum Gasteiger partial charge on any atom is 0.239 e. The number of hydrogen-bond donors (Lipinski definition) is 2. The number of aromatic nitrogens is 5. The second-order valence-corrected chi connectivity index (χ2v) is 6.19. The first-order chi connectivity index (χ1) is 9.50. The van der Waals surface area contributed by atoms with Crippen molar-refractivity contribution in [1.82, 2.24) is 25.3 Å². The fraction of sp³-hybridized carbons (Fsp3) is 0.692. The topological polar surface area (TPSA) is 107 Å². The van der Waals surface area contributed by atoms with Crippen LogP contribution in [0.1, 0.15) is 45.4 Å². The minimum absolute atomic E-state index is 0.0306. The van der Waals surface area contributed by atoms with E-state index in [0.29, 0.717) is 23.5 Å². The highest BCUT2D eigenvalue weighted by molar-refractivity contribution is 5.39. The normalized spacial score (nSPS) is 29.5. The Hall–Kier alpha value is -1.76. The van der Waals surface area contributed by atoms with E-state index in [1.165, 1.54) is 6.33 Å². The summed E-state index contributed by atoms with van der Waals surface area (Å²) < 4.78 is 5.46. The molecule has 3 rings (SSSR count). The third-order valence-corrected chi connectivity index (χ3v) is 4.87. The highest BCUT2D eigenvalue weighted by Crippen LogP contribution is 2.49. The summed E-state index contributed by atoms with van der Waals surface area (Å²) in [6.07, 6.45) is 3.38. The van der Waals surface area contributed by atoms with Crippen molar-refractivity contribution in [3.63, 3.8) is 0 Å². The average Bonchev–Trinajstić information content (AvgIpc) is 3.06. The van der Waals surface area contributed by atoms with Crippen LogP contribution in [0.25, 0.3) is 11.6 Å². The number of H-pyrrole nitrogens is 1. The molecule has 20 heavy (non-hydrogen) atoms. The molecule has 0 amide bonds. The molecule has 7 nitrogen and oxygen atoms in total. The molecule has 1 saturated carbocycles. The maximum absolute atomic E-state index is 6.19. The van der Waals surface area contributed by atoms with Gasteiger partial charge in [0.15, 0.2) is 5.82 Å². The Labute approximate surface area is 117 Å². The third kappa shape index (κ3) is 2.02. The van der Waals surface area contributed by atoms with Gasteiger partial charge in [-0.2, -0.15) is 10.1 Å². The van der Waals surface area contributed by atoms with Crippen LogP contribution >= 0.6 is 0 Å². The summed E-state index contributed by atoms with van der Waals surface area (Å²) in [4.78, 5) is 8.52. The van der Waals surface area contributed by atoms with Crippen molar-refractivity contribution in [1.29, 1.82) is 0 Å². The van der Waals surface area contributed by atoms with E-state index < -0.39 is 0 Å². The number of rotatable bonds is 2. The lowest BCUT2D eigenvalue weighted by Crippen LogP contribution is -2.45. The molecule has 108 valence electrons. The van der Waals surface area contributed by atoms with Gasteiger partial charge >= 0.3 is 0 Å². The molecule has 2 heterocycles. The van der Waals surface area contributed by atoms with Gasteiger partial charge in [0.2, 0.25) is 11.7 Å². The molecule has 3 N–H and O–H groups in total. The van der Waals surface area contributed by atoms with Crippen LogP contribution in [0.3, 0.4) is 0 Å². The summed E-state index contributed by atoms with van der Waals surface area (Å²) in [6, 6.07) is 0.234. The summed E-state index contributed by atoms with van der Waals surface area (Å²) in [6.45, 7) is 6.64. The molecule has 0 bridgehead atoms. The van der Waals surface area contributed by atoms with Gasteiger partial charge < -0.3 is 10.3 Å². The van der Waals surface area contributed by atoms with Crippen LogP contribution in [0.2, 0.25) is 0 Å². The molecule has 2 aromatic heterocycles. The van der Waals surface area contributed by atoms with Crippen LogP contribution in [0, 0.1) is 11.3 Å². The van der Waals surface area contributed by atoms with E-state index in [4.69, 9.17) is 10.3 Å². The van der Waals surface area contributed by atoms with E-state index >= 15 is 0 Å². The van der Waals surface area contributed by atoms with E-state index in [-0.39, 0.29) is 17.4 Å². The van der Waals surface area contributed by atoms with E-state index in [1.807, 2.05) is 0 Å². The molecule has 1 fully saturated rings. The van der Waals surface area contributed by atoms with Gasteiger partial charge in [-0.1, -0.05) is 25.9 Å². The SMILES string of the molecule is CC1C(N)CCC(c2nc(-c3ncn[nH]3)no2)C1(C)C. The lowest BCUT2D eigenvalue weighted by Gasteiger charge is -2.45. The Bertz CT molecular complexity index is 575. The maximum atomic E-state index is 6.19. The Morgan fingerprint density at radius 1 is 1.40 bits per heavy atom. The summed E-state index contributed by atoms with van der Waals surface area (Å²) >= 11 is 0. The van der Waals surface area contributed by atoms with Crippen molar-refractivity contribution in [3.8, 4) is 11.6 Å². The molecule has 3 atom stereocenters. The van der Waals surface area contributed by atoms with Crippen molar-refractivity contribution < 1.29 is 4.52 Å². The summed E-state index contributed by atoms with van der Waals surface area (Å²) in [5.41, 5.74) is 6.22. The molecule has 2 aromatic rings. The first-order valence-electron chi connectivity index (χ1n) is 6.95. The van der Waals surface area contributed by atoms with Crippen LogP contribution in [-0.4, -0.2) is 31.4 Å². The molecule has 0 aliphatic heterocycles. The number of nitrogens with two attached hydrogens (primary N) is 1. The van der Waals surface area contributed by atoms with Gasteiger partial charge in [0, 0.05) is 12.0 Å². The van der Waals surface area contributed by atoms with Crippen molar-refractivity contribution in [2.24, 2.45) is 17.1 Å². The molecule has 7 heteroatoms. The lowest BCUT2D eigenvalue weighted by molar-refractivity contribution is 0.0806. The van der Waals surface area contributed by atoms with Gasteiger partial charge in [0.1, 0.15) is 6.33 Å². The lowest BCUT2D eigenvalue weighted by atomic mass is 9.61. The van der Waals surface area contributed by atoms with Gasteiger partial charge in [0.05, 0.1) is 0 Å². The Kier molecular flexibility index (Phi) is 3.08. The van der Waals surface area contributed by atoms with E-state index in [2.05, 4.69) is 46.1 Å². The smallest absolute Gasteiger partial charge is 0.239 e. The predicted octanol–water partition coefficient (Wildman–Crippen LogP) is 1.72. The molecule has 1 aliphatic rings. The zero-order chi connectivity index (χ0) is 14.3. The minimum Gasteiger partial charge on any atom is -0.339 e. The van der Waals surface area contributed by atoms with Crippen LogP contribution < -0.4 is 5.73 Å². The standard InChI is InChI=1S/C13H20N6O/c1-7-9(14)5-4-8(13(7,2)3)12-17-11(19-20-12)10-15-6-16-18-10/h6-9H,4-5,14H2,1-3H3,(H,15,16,18). The fourth-order valence-electron chi connectivity index (χ4n) is 3.08. The molecule has 0 saturated heterocycles. The zero-order valence-electron chi connectivity index (χ0n) is 12.0. The van der Waals surface area contributed by atoms with Crippen LogP contribution in [0.15, 0.2) is 10.9 Å². The van der Waals surface area contributed by atoms with Crippen molar-refractivity contribution >= 4 is 0 Å². The quantitative estimate of drug-likeness (QED) is 0.865. The van der Waals surface area contributed by atoms with Gasteiger partial charge in [-0.25, -0.2) is 4.98 Å². The highest BCUT2D eigenvalue weighted by atomic mass is 16.5. The van der Waals surface area contributed by atoms with E-state index in [0.717, 1.165) is 12.8 Å². The largest absolute Gasteiger partial charge is 0.339 e. The average molecular weight is 276 g/mol. The molecule has 1 aliphatic carbocycles. The number of aromatic amines is 1. The Morgan fingerprint density at radius 3 is 2.90 bits per heavy atom. The zero-order valence-corrected chi connectivity index (χ0v) is 12.0. The minimum atomic E-state index is 0.0306. The fourth-order valence-corrected chi connectivity index (χ4v) is 3.08. The predicted molar refractivity (Wildman–Crippen MR) is 72.6 cm³/mol. The Balaban J connectivity index is 1.89. The molecule has 3 unspecified atom stereocenters. The number of nitrogens with one attached hydrogen (secondary N) is 1. The Morgan fingerprint density at radius 2 is 2.20 bits per heavy atom. The molecule has 0 radical (unpaired) electrons. The van der Waals surface area contributed by atoms with Gasteiger partial charge in [-0.05, 0) is 24.2 Å². The highest BCUT2D eigenvalue weighted by Gasteiger charge is 2.44. The molecule has 0 aromatic carbocycles. The molecular weight excluding hydrogens is 256 g/mol. The van der Waals surface area contributed by atoms with Crippen molar-refractivity contribution in [2.45, 2.75) is 45.6 Å². The van der Waals surface area contributed by atoms with Gasteiger partial charge in [-0.15, -0.1) is 0 Å². The summed E-state index contributed by atoms with van der Waals surface area (Å²) in [5, 5.41) is 10.5. The number of hydrogen-bond acceptors (Lipinski definition) is 6. The van der Waals surface area contributed by atoms with E-state index in [9.17, 15) is 0 Å². The van der Waals surface area contributed by atoms with E-state index in [1.54, 1.807) is 0 Å². The van der Waals surface area contributed by atoms with Crippen LogP contribution in [0.5, 0.6) is 0 Å². The van der Waals surface area contributed by atoms with Crippen molar-refractivity contribution in [2.75, 3.05) is 0 Å². The summed E-state index contributed by atoms with van der Waals surface area (Å²) in [5.74, 6) is 2.28. The second-order valence-electron chi connectivity index (χ2n) is 6.19. The van der Waals surface area contributed by atoms with Gasteiger partial charge in [0.25, 0.3) is 0 Å². The van der Waals surface area contributed by atoms with Gasteiger partial charge in [-0.3, -0.25) is 5.10 Å². The first kappa shape index (κ1) is 13.2. The number of nitrogens with zero attached hydrogens (tertiary/aromatic N) is 4. The van der Waals surface area contributed by atoms with Crippen molar-refractivity contribution in [3.05, 3.63) is 12.2 Å². The molecule has 0 spiro atoms. The molecular formula is C13H20N6O.